The molecule has 0 fully saturated rings. The summed E-state index contributed by atoms with van der Waals surface area (Å²) in [7, 11) is 1.83. The van der Waals surface area contributed by atoms with Crippen LogP contribution in [0.5, 0.6) is 0 Å². The maximum atomic E-state index is 11.8. The van der Waals surface area contributed by atoms with E-state index in [0.717, 1.165) is 29.6 Å². The SMILES string of the molecule is CCN(CC)c1ccc2c(C)cc(=O)n(C)c2c1. The molecule has 0 amide bonds. The van der Waals surface area contributed by atoms with Crippen molar-refractivity contribution in [3.63, 3.8) is 0 Å². The first kappa shape index (κ1) is 12.7. The Balaban J connectivity index is 2.71. The molecule has 0 saturated heterocycles. The molecular formula is C15H20N2O. The van der Waals surface area contributed by atoms with Crippen molar-refractivity contribution in [1.29, 1.82) is 0 Å². The summed E-state index contributed by atoms with van der Waals surface area (Å²) >= 11 is 0. The zero-order valence-corrected chi connectivity index (χ0v) is 11.5. The molecule has 18 heavy (non-hydrogen) atoms. The van der Waals surface area contributed by atoms with E-state index in [-0.39, 0.29) is 5.56 Å². The Morgan fingerprint density at radius 3 is 2.44 bits per heavy atom. The summed E-state index contributed by atoms with van der Waals surface area (Å²) in [6.45, 7) is 8.22. The molecule has 0 N–H and O–H groups in total. The van der Waals surface area contributed by atoms with Gasteiger partial charge in [0.1, 0.15) is 0 Å². The summed E-state index contributed by atoms with van der Waals surface area (Å²) in [5, 5.41) is 1.15. The van der Waals surface area contributed by atoms with Gasteiger partial charge in [-0.15, -0.1) is 0 Å². The van der Waals surface area contributed by atoms with E-state index in [2.05, 4.69) is 36.9 Å². The van der Waals surface area contributed by atoms with Crippen LogP contribution >= 0.6 is 0 Å². The molecule has 1 aromatic carbocycles. The van der Waals surface area contributed by atoms with Gasteiger partial charge in [-0.25, -0.2) is 0 Å². The van der Waals surface area contributed by atoms with Crippen LogP contribution in [0, 0.1) is 6.92 Å². The molecule has 96 valence electrons. The molecule has 0 spiro atoms. The summed E-state index contributed by atoms with van der Waals surface area (Å²) in [6.07, 6.45) is 0. The largest absolute Gasteiger partial charge is 0.372 e. The molecular weight excluding hydrogens is 224 g/mol. The molecule has 1 heterocycles. The second-order valence-corrected chi connectivity index (χ2v) is 4.60. The second kappa shape index (κ2) is 4.84. The molecule has 3 nitrogen and oxygen atoms in total. The van der Waals surface area contributed by atoms with Crippen LogP contribution in [0.15, 0.2) is 29.1 Å². The fourth-order valence-electron chi connectivity index (χ4n) is 2.39. The zero-order valence-electron chi connectivity index (χ0n) is 11.5. The van der Waals surface area contributed by atoms with Crippen LogP contribution in [0.2, 0.25) is 0 Å². The van der Waals surface area contributed by atoms with Crippen LogP contribution in [0.3, 0.4) is 0 Å². The van der Waals surface area contributed by atoms with Crippen molar-refractivity contribution in [3.05, 3.63) is 40.2 Å². The van der Waals surface area contributed by atoms with Gasteiger partial charge < -0.3 is 9.47 Å². The van der Waals surface area contributed by atoms with Crippen molar-refractivity contribution in [2.75, 3.05) is 18.0 Å². The average molecular weight is 244 g/mol. The predicted molar refractivity (Wildman–Crippen MR) is 77.5 cm³/mol. The monoisotopic (exact) mass is 244 g/mol. The summed E-state index contributed by atoms with van der Waals surface area (Å²) in [5.41, 5.74) is 3.27. The van der Waals surface area contributed by atoms with Gasteiger partial charge in [0.2, 0.25) is 0 Å². The van der Waals surface area contributed by atoms with Gasteiger partial charge in [0.25, 0.3) is 5.56 Å². The molecule has 0 atom stereocenters. The van der Waals surface area contributed by atoms with Crippen LogP contribution in [-0.4, -0.2) is 17.7 Å². The molecule has 2 aromatic rings. The smallest absolute Gasteiger partial charge is 0.251 e. The fraction of sp³-hybridized carbons (Fsp3) is 0.400. The van der Waals surface area contributed by atoms with Gasteiger partial charge in [-0.2, -0.15) is 0 Å². The zero-order chi connectivity index (χ0) is 13.3. The Labute approximate surface area is 108 Å². The van der Waals surface area contributed by atoms with Crippen molar-refractivity contribution in [3.8, 4) is 0 Å². The van der Waals surface area contributed by atoms with Crippen LogP contribution in [0.4, 0.5) is 5.69 Å². The van der Waals surface area contributed by atoms with Crippen molar-refractivity contribution < 1.29 is 0 Å². The number of fused-ring (bicyclic) bond motifs is 1. The molecule has 0 aliphatic heterocycles. The third kappa shape index (κ3) is 2.01. The molecule has 0 radical (unpaired) electrons. The number of hydrogen-bond donors (Lipinski definition) is 0. The predicted octanol–water partition coefficient (Wildman–Crippen LogP) is 2.69. The molecule has 3 heteroatoms. The lowest BCUT2D eigenvalue weighted by molar-refractivity contribution is 0.862. The van der Waals surface area contributed by atoms with Gasteiger partial charge in [-0.3, -0.25) is 4.79 Å². The van der Waals surface area contributed by atoms with E-state index in [1.807, 2.05) is 14.0 Å². The third-order valence-corrected chi connectivity index (χ3v) is 3.57. The van der Waals surface area contributed by atoms with Crippen molar-refractivity contribution >= 4 is 16.6 Å². The summed E-state index contributed by atoms with van der Waals surface area (Å²) in [4.78, 5) is 14.1. The van der Waals surface area contributed by atoms with Gasteiger partial charge in [0.15, 0.2) is 0 Å². The van der Waals surface area contributed by atoms with E-state index in [9.17, 15) is 4.79 Å². The molecule has 0 saturated carbocycles. The number of anilines is 1. The fourth-order valence-corrected chi connectivity index (χ4v) is 2.39. The van der Waals surface area contributed by atoms with Crippen molar-refractivity contribution in [2.24, 2.45) is 7.05 Å². The van der Waals surface area contributed by atoms with Gasteiger partial charge >= 0.3 is 0 Å². The van der Waals surface area contributed by atoms with E-state index < -0.39 is 0 Å². The third-order valence-electron chi connectivity index (χ3n) is 3.57. The quantitative estimate of drug-likeness (QED) is 0.829. The minimum absolute atomic E-state index is 0.0525. The van der Waals surface area contributed by atoms with Gasteiger partial charge in [-0.1, -0.05) is 6.07 Å². The standard InChI is InChI=1S/C15H20N2O/c1-5-17(6-2)12-7-8-13-11(3)9-15(18)16(4)14(13)10-12/h7-10H,5-6H2,1-4H3. The van der Waals surface area contributed by atoms with E-state index in [0.29, 0.717) is 0 Å². The van der Waals surface area contributed by atoms with E-state index >= 15 is 0 Å². The topological polar surface area (TPSA) is 25.2 Å². The summed E-state index contributed by atoms with van der Waals surface area (Å²) in [5.74, 6) is 0. The number of aromatic nitrogens is 1. The second-order valence-electron chi connectivity index (χ2n) is 4.60. The summed E-state index contributed by atoms with van der Waals surface area (Å²) in [6, 6.07) is 8.04. The maximum absolute atomic E-state index is 11.8. The normalized spacial score (nSPS) is 10.9. The van der Waals surface area contributed by atoms with Crippen LogP contribution in [-0.2, 0) is 7.05 Å². The Kier molecular flexibility index (Phi) is 3.41. The number of pyridine rings is 1. The lowest BCUT2D eigenvalue weighted by Crippen LogP contribution is -2.22. The van der Waals surface area contributed by atoms with E-state index in [4.69, 9.17) is 0 Å². The van der Waals surface area contributed by atoms with Gasteiger partial charge in [0, 0.05) is 37.3 Å². The number of aryl methyl sites for hydroxylation is 2. The van der Waals surface area contributed by atoms with Gasteiger partial charge in [0.05, 0.1) is 5.52 Å². The molecule has 1 aromatic heterocycles. The Morgan fingerprint density at radius 1 is 1.17 bits per heavy atom. The Morgan fingerprint density at radius 2 is 1.83 bits per heavy atom. The first-order valence-electron chi connectivity index (χ1n) is 6.43. The first-order valence-corrected chi connectivity index (χ1v) is 6.43. The lowest BCUT2D eigenvalue weighted by Gasteiger charge is -2.22. The maximum Gasteiger partial charge on any atom is 0.251 e. The highest BCUT2D eigenvalue weighted by Gasteiger charge is 2.07. The number of benzene rings is 1. The minimum Gasteiger partial charge on any atom is -0.372 e. The average Bonchev–Trinajstić information content (AvgIpc) is 2.37. The molecule has 0 aliphatic rings. The lowest BCUT2D eigenvalue weighted by atomic mass is 10.1. The van der Waals surface area contributed by atoms with Crippen molar-refractivity contribution in [1.82, 2.24) is 4.57 Å². The highest BCUT2D eigenvalue weighted by atomic mass is 16.1. The van der Waals surface area contributed by atoms with E-state index in [1.54, 1.807) is 10.6 Å². The van der Waals surface area contributed by atoms with Crippen LogP contribution in [0.25, 0.3) is 10.9 Å². The highest BCUT2D eigenvalue weighted by Crippen LogP contribution is 2.22. The number of rotatable bonds is 3. The van der Waals surface area contributed by atoms with E-state index in [1.165, 1.54) is 5.69 Å². The first-order chi connectivity index (χ1) is 8.58. The Hall–Kier alpha value is -1.77. The molecule has 2 rings (SSSR count). The van der Waals surface area contributed by atoms with Gasteiger partial charge in [-0.05, 0) is 38.5 Å². The van der Waals surface area contributed by atoms with Crippen molar-refractivity contribution in [2.45, 2.75) is 20.8 Å². The number of nitrogens with zero attached hydrogens (tertiary/aromatic N) is 2. The number of hydrogen-bond acceptors (Lipinski definition) is 2. The Bertz CT molecular complexity index is 624. The minimum atomic E-state index is 0.0525. The van der Waals surface area contributed by atoms with Crippen LogP contribution in [0.1, 0.15) is 19.4 Å². The highest BCUT2D eigenvalue weighted by molar-refractivity contribution is 5.85. The summed E-state index contributed by atoms with van der Waals surface area (Å²) < 4.78 is 1.72. The molecule has 0 bridgehead atoms. The molecule has 0 aliphatic carbocycles. The molecule has 0 unspecified atom stereocenters. The van der Waals surface area contributed by atoms with Crippen LogP contribution < -0.4 is 10.5 Å².